The van der Waals surface area contributed by atoms with E-state index in [4.69, 9.17) is 11.6 Å². The predicted octanol–water partition coefficient (Wildman–Crippen LogP) is 2.36. The van der Waals surface area contributed by atoms with Gasteiger partial charge in [-0.1, -0.05) is 0 Å². The molecule has 1 aromatic carbocycles. The number of nitrogens with zero attached hydrogens (tertiary/aromatic N) is 1. The van der Waals surface area contributed by atoms with Crippen molar-refractivity contribution in [2.24, 2.45) is 0 Å². The molecular formula is C11H12ClNO4. The van der Waals surface area contributed by atoms with Crippen LogP contribution in [0.1, 0.15) is 16.7 Å². The minimum Gasteiger partial charge on any atom is -0.469 e. The highest BCUT2D eigenvalue weighted by Crippen LogP contribution is 2.25. The Morgan fingerprint density at radius 3 is 2.59 bits per heavy atom. The lowest BCUT2D eigenvalue weighted by molar-refractivity contribution is -0.385. The number of halogens is 1. The van der Waals surface area contributed by atoms with E-state index in [2.05, 4.69) is 4.74 Å². The molecule has 0 heterocycles. The average Bonchev–Trinajstić information content (AvgIpc) is 2.30. The summed E-state index contributed by atoms with van der Waals surface area (Å²) in [6.07, 6.45) is -0.128. The summed E-state index contributed by atoms with van der Waals surface area (Å²) in [5, 5.41) is 10.9. The molecule has 0 saturated carbocycles. The average molecular weight is 258 g/mol. The largest absolute Gasteiger partial charge is 0.469 e. The van der Waals surface area contributed by atoms with Crippen LogP contribution in [0.15, 0.2) is 12.1 Å². The van der Waals surface area contributed by atoms with Gasteiger partial charge in [-0.25, -0.2) is 0 Å². The molecule has 0 fully saturated rings. The van der Waals surface area contributed by atoms with E-state index < -0.39 is 10.9 Å². The lowest BCUT2D eigenvalue weighted by Gasteiger charge is -2.07. The van der Waals surface area contributed by atoms with Gasteiger partial charge in [0, 0.05) is 17.5 Å². The maximum absolute atomic E-state index is 11.2. The predicted molar refractivity (Wildman–Crippen MR) is 63.1 cm³/mol. The van der Waals surface area contributed by atoms with Crippen molar-refractivity contribution in [3.05, 3.63) is 38.9 Å². The maximum atomic E-state index is 11.2. The summed E-state index contributed by atoms with van der Waals surface area (Å²) < 4.78 is 4.50. The van der Waals surface area contributed by atoms with Gasteiger partial charge in [0.25, 0.3) is 5.69 Å². The highest BCUT2D eigenvalue weighted by atomic mass is 35.5. The second-order valence-corrected chi connectivity index (χ2v) is 3.82. The number of benzene rings is 1. The fraction of sp³-hybridized carbons (Fsp3) is 0.364. The molecule has 0 N–H and O–H groups in total. The van der Waals surface area contributed by atoms with Gasteiger partial charge in [0.1, 0.15) is 0 Å². The Morgan fingerprint density at radius 1 is 1.47 bits per heavy atom. The van der Waals surface area contributed by atoms with Crippen molar-refractivity contribution < 1.29 is 14.5 Å². The zero-order chi connectivity index (χ0) is 13.0. The Hall–Kier alpha value is -1.62. The van der Waals surface area contributed by atoms with Crippen LogP contribution >= 0.6 is 11.6 Å². The van der Waals surface area contributed by atoms with Crippen molar-refractivity contribution >= 4 is 23.3 Å². The molecule has 1 rings (SSSR count). The van der Waals surface area contributed by atoms with Crippen molar-refractivity contribution in [1.29, 1.82) is 0 Å². The second kappa shape index (κ2) is 5.63. The summed E-state index contributed by atoms with van der Waals surface area (Å²) in [6, 6.07) is 3.01. The van der Waals surface area contributed by atoms with Crippen LogP contribution in [0.3, 0.4) is 0 Å². The van der Waals surface area contributed by atoms with Gasteiger partial charge in [-0.15, -0.1) is 11.6 Å². The summed E-state index contributed by atoms with van der Waals surface area (Å²) in [5.74, 6) is -0.268. The van der Waals surface area contributed by atoms with Crippen LogP contribution in [0.5, 0.6) is 0 Å². The molecule has 0 spiro atoms. The molecule has 6 heteroatoms. The molecule has 5 nitrogen and oxygen atoms in total. The van der Waals surface area contributed by atoms with Crippen molar-refractivity contribution in [3.63, 3.8) is 0 Å². The van der Waals surface area contributed by atoms with E-state index >= 15 is 0 Å². The van der Waals surface area contributed by atoms with Gasteiger partial charge < -0.3 is 4.74 Å². The number of hydrogen-bond donors (Lipinski definition) is 0. The van der Waals surface area contributed by atoms with Crippen molar-refractivity contribution in [2.45, 2.75) is 19.2 Å². The van der Waals surface area contributed by atoms with E-state index in [9.17, 15) is 14.9 Å². The second-order valence-electron chi connectivity index (χ2n) is 3.55. The van der Waals surface area contributed by atoms with Crippen LogP contribution in [0.25, 0.3) is 0 Å². The summed E-state index contributed by atoms with van der Waals surface area (Å²) in [6.45, 7) is 1.74. The normalized spacial score (nSPS) is 10.1. The number of carbonyl (C=O) groups excluding carboxylic acids is 1. The summed E-state index contributed by atoms with van der Waals surface area (Å²) in [5.41, 5.74) is 1.75. The van der Waals surface area contributed by atoms with Crippen LogP contribution in [0, 0.1) is 17.0 Å². The van der Waals surface area contributed by atoms with Gasteiger partial charge in [-0.05, 0) is 24.1 Å². The quantitative estimate of drug-likeness (QED) is 0.359. The van der Waals surface area contributed by atoms with E-state index in [1.807, 2.05) is 0 Å². The van der Waals surface area contributed by atoms with E-state index in [1.165, 1.54) is 13.2 Å². The first-order chi connectivity index (χ1) is 7.99. The van der Waals surface area contributed by atoms with Crippen LogP contribution < -0.4 is 0 Å². The first-order valence-corrected chi connectivity index (χ1v) is 5.42. The zero-order valence-corrected chi connectivity index (χ0v) is 10.3. The Labute approximate surface area is 103 Å². The van der Waals surface area contributed by atoms with Crippen LogP contribution in [-0.4, -0.2) is 18.0 Å². The minimum absolute atomic E-state index is 0.0817. The SMILES string of the molecule is COC(=O)Cc1cc(CCl)c(C)cc1[N+](=O)[O-]. The molecule has 0 aliphatic heterocycles. The van der Waals surface area contributed by atoms with Crippen LogP contribution in [0.2, 0.25) is 0 Å². The number of alkyl halides is 1. The number of aryl methyl sites for hydroxylation is 1. The van der Waals surface area contributed by atoms with Gasteiger partial charge in [0.2, 0.25) is 0 Å². The Bertz CT molecular complexity index is 459. The Kier molecular flexibility index (Phi) is 4.45. The highest BCUT2D eigenvalue weighted by molar-refractivity contribution is 6.17. The molecule has 0 atom stereocenters. The highest BCUT2D eigenvalue weighted by Gasteiger charge is 2.18. The zero-order valence-electron chi connectivity index (χ0n) is 9.53. The van der Waals surface area contributed by atoms with E-state index in [0.29, 0.717) is 5.56 Å². The molecule has 0 aliphatic carbocycles. The number of ether oxygens (including phenoxy) is 1. The molecule has 17 heavy (non-hydrogen) atoms. The number of nitro benzene ring substituents is 1. The molecule has 0 saturated heterocycles. The Morgan fingerprint density at radius 2 is 2.12 bits per heavy atom. The van der Waals surface area contributed by atoms with Crippen molar-refractivity contribution in [2.75, 3.05) is 7.11 Å². The van der Waals surface area contributed by atoms with Gasteiger partial charge in [-0.3, -0.25) is 14.9 Å². The summed E-state index contributed by atoms with van der Waals surface area (Å²) in [4.78, 5) is 21.5. The first kappa shape index (κ1) is 13.4. The third-order valence-corrected chi connectivity index (χ3v) is 2.73. The third-order valence-electron chi connectivity index (χ3n) is 2.44. The number of esters is 1. The molecule has 0 amide bonds. The molecule has 0 radical (unpaired) electrons. The first-order valence-electron chi connectivity index (χ1n) is 4.89. The monoisotopic (exact) mass is 257 g/mol. The van der Waals surface area contributed by atoms with Gasteiger partial charge in [0.05, 0.1) is 18.5 Å². The molecule has 92 valence electrons. The number of carbonyl (C=O) groups is 1. The lowest BCUT2D eigenvalue weighted by Crippen LogP contribution is -2.08. The van der Waals surface area contributed by atoms with Crippen molar-refractivity contribution in [3.8, 4) is 0 Å². The molecule has 0 unspecified atom stereocenters. The third kappa shape index (κ3) is 3.17. The number of methoxy groups -OCH3 is 1. The number of hydrogen-bond acceptors (Lipinski definition) is 4. The topological polar surface area (TPSA) is 69.4 Å². The van der Waals surface area contributed by atoms with Crippen LogP contribution in [0.4, 0.5) is 5.69 Å². The molecule has 0 aromatic heterocycles. The van der Waals surface area contributed by atoms with Crippen LogP contribution in [-0.2, 0) is 21.8 Å². The summed E-state index contributed by atoms with van der Waals surface area (Å²) in [7, 11) is 1.24. The maximum Gasteiger partial charge on any atom is 0.310 e. The standard InChI is InChI=1S/C11H12ClNO4/c1-7-3-10(13(15)16)8(4-9(7)6-12)5-11(14)17-2/h3-4H,5-6H2,1-2H3. The number of rotatable bonds is 4. The number of nitro groups is 1. The summed E-state index contributed by atoms with van der Waals surface area (Å²) >= 11 is 5.72. The van der Waals surface area contributed by atoms with Gasteiger partial charge >= 0.3 is 5.97 Å². The van der Waals surface area contributed by atoms with E-state index in [-0.39, 0.29) is 18.0 Å². The van der Waals surface area contributed by atoms with Gasteiger partial charge in [-0.2, -0.15) is 0 Å². The van der Waals surface area contributed by atoms with Gasteiger partial charge in [0.15, 0.2) is 0 Å². The molecule has 0 bridgehead atoms. The lowest BCUT2D eigenvalue weighted by atomic mass is 10.0. The molecule has 1 aromatic rings. The molecular weight excluding hydrogens is 246 g/mol. The van der Waals surface area contributed by atoms with Crippen molar-refractivity contribution in [1.82, 2.24) is 0 Å². The fourth-order valence-electron chi connectivity index (χ4n) is 1.47. The minimum atomic E-state index is -0.516. The molecule has 0 aliphatic rings. The Balaban J connectivity index is 3.23. The fourth-order valence-corrected chi connectivity index (χ4v) is 1.76. The van der Waals surface area contributed by atoms with E-state index in [0.717, 1.165) is 11.1 Å². The van der Waals surface area contributed by atoms with E-state index in [1.54, 1.807) is 13.0 Å². The smallest absolute Gasteiger partial charge is 0.310 e.